The largest absolute Gasteiger partial charge is 0.497 e. The van der Waals surface area contributed by atoms with Crippen LogP contribution in [0.3, 0.4) is 0 Å². The molecule has 1 saturated heterocycles. The van der Waals surface area contributed by atoms with Crippen LogP contribution in [0.4, 0.5) is 13.2 Å². The lowest BCUT2D eigenvalue weighted by atomic mass is 10.1. The van der Waals surface area contributed by atoms with Crippen molar-refractivity contribution >= 4 is 23.2 Å². The van der Waals surface area contributed by atoms with Gasteiger partial charge in [-0.15, -0.1) is 16.4 Å². The maximum Gasteiger partial charge on any atom is 0.490 e. The van der Waals surface area contributed by atoms with Crippen molar-refractivity contribution in [2.45, 2.75) is 32.1 Å². The molecule has 1 aliphatic heterocycles. The molecule has 0 spiro atoms. The number of carbonyl (C=O) groups excluding carboxylic acids is 1. The zero-order chi connectivity index (χ0) is 25.8. The van der Waals surface area contributed by atoms with E-state index < -0.39 is 12.1 Å². The lowest BCUT2D eigenvalue weighted by Crippen LogP contribution is -2.28. The summed E-state index contributed by atoms with van der Waals surface area (Å²) in [6.07, 6.45) is -2.34. The number of nitrogens with zero attached hydrogens (tertiary/aromatic N) is 4. The molecule has 1 fully saturated rings. The van der Waals surface area contributed by atoms with Crippen LogP contribution in [0.5, 0.6) is 5.75 Å². The van der Waals surface area contributed by atoms with E-state index in [1.807, 2.05) is 46.1 Å². The molecule has 13 heteroatoms. The number of alkyl halides is 3. The number of methoxy groups -OCH3 is 1. The van der Waals surface area contributed by atoms with Gasteiger partial charge >= 0.3 is 12.1 Å². The van der Waals surface area contributed by atoms with Crippen molar-refractivity contribution in [2.24, 2.45) is 5.73 Å². The third-order valence-electron chi connectivity index (χ3n) is 5.36. The van der Waals surface area contributed by atoms with Crippen LogP contribution in [-0.4, -0.2) is 63.3 Å². The normalized spacial score (nSPS) is 15.5. The number of halogens is 3. The highest BCUT2D eigenvalue weighted by atomic mass is 32.1. The highest BCUT2D eigenvalue weighted by Crippen LogP contribution is 2.33. The van der Waals surface area contributed by atoms with Gasteiger partial charge in [0.25, 0.3) is 5.91 Å². The minimum Gasteiger partial charge on any atom is -0.497 e. The van der Waals surface area contributed by atoms with Gasteiger partial charge in [0, 0.05) is 24.5 Å². The maximum atomic E-state index is 13.0. The molecule has 1 unspecified atom stereocenters. The molecule has 35 heavy (non-hydrogen) atoms. The number of aryl methyl sites for hydroxylation is 1. The Bertz CT molecular complexity index is 1180. The van der Waals surface area contributed by atoms with Gasteiger partial charge in [-0.25, -0.2) is 9.48 Å². The van der Waals surface area contributed by atoms with Crippen LogP contribution in [0, 0.1) is 6.92 Å². The summed E-state index contributed by atoms with van der Waals surface area (Å²) in [4.78, 5) is 25.7. The quantitative estimate of drug-likeness (QED) is 0.537. The molecule has 188 valence electrons. The molecule has 1 atom stereocenters. The Kier molecular flexibility index (Phi) is 8.12. The molecule has 0 aliphatic carbocycles. The van der Waals surface area contributed by atoms with Gasteiger partial charge in [0.05, 0.1) is 29.9 Å². The first-order chi connectivity index (χ1) is 16.5. The monoisotopic (exact) mass is 511 g/mol. The van der Waals surface area contributed by atoms with Crippen molar-refractivity contribution in [3.8, 4) is 16.9 Å². The van der Waals surface area contributed by atoms with Crippen molar-refractivity contribution in [2.75, 3.05) is 20.2 Å². The Labute approximate surface area is 202 Å². The second-order valence-electron chi connectivity index (χ2n) is 7.70. The van der Waals surface area contributed by atoms with Crippen LogP contribution >= 0.6 is 11.3 Å². The van der Waals surface area contributed by atoms with Crippen molar-refractivity contribution in [3.63, 3.8) is 0 Å². The zero-order valence-electron chi connectivity index (χ0n) is 19.0. The molecule has 1 aromatic carbocycles. The van der Waals surface area contributed by atoms with Crippen LogP contribution in [0.25, 0.3) is 11.1 Å². The van der Waals surface area contributed by atoms with E-state index in [1.165, 1.54) is 0 Å². The van der Waals surface area contributed by atoms with E-state index in [1.54, 1.807) is 18.4 Å². The number of aliphatic carboxylic acids is 1. The number of likely N-dealkylation sites (tertiary alicyclic amines) is 1. The van der Waals surface area contributed by atoms with E-state index in [0.29, 0.717) is 13.1 Å². The fourth-order valence-corrected chi connectivity index (χ4v) is 4.54. The number of thiophene rings is 1. The third-order valence-corrected chi connectivity index (χ3v) is 6.40. The van der Waals surface area contributed by atoms with Gasteiger partial charge in [-0.1, -0.05) is 17.3 Å². The standard InChI is InChI=1S/C20H23N5O2S.C2HF3O2/c1-13-18(14-3-5-17(27-2)6-4-14)9-19(28-13)20(26)24-8-7-16(12-24)25-11-15(10-21)22-23-25;3-2(4,5)1(6)7/h3-6,9,11,16H,7-8,10,12,21H2,1-2H3;(H,6,7). The van der Waals surface area contributed by atoms with E-state index in [9.17, 15) is 18.0 Å². The third kappa shape index (κ3) is 6.36. The van der Waals surface area contributed by atoms with E-state index in [0.717, 1.165) is 45.3 Å². The molecule has 0 radical (unpaired) electrons. The van der Waals surface area contributed by atoms with Crippen molar-refractivity contribution in [1.29, 1.82) is 0 Å². The summed E-state index contributed by atoms with van der Waals surface area (Å²) in [7, 11) is 1.65. The highest BCUT2D eigenvalue weighted by molar-refractivity contribution is 7.14. The molecule has 1 aliphatic rings. The number of amides is 1. The van der Waals surface area contributed by atoms with Gasteiger partial charge in [0.15, 0.2) is 0 Å². The molecule has 3 N–H and O–H groups in total. The zero-order valence-corrected chi connectivity index (χ0v) is 19.8. The minimum absolute atomic E-state index is 0.0783. The summed E-state index contributed by atoms with van der Waals surface area (Å²) in [6.45, 7) is 3.78. The number of rotatable bonds is 5. The molecule has 3 aromatic rings. The number of ether oxygens (including phenoxy) is 1. The summed E-state index contributed by atoms with van der Waals surface area (Å²) >= 11 is 1.55. The van der Waals surface area contributed by atoms with E-state index in [-0.39, 0.29) is 11.9 Å². The molecular weight excluding hydrogens is 487 g/mol. The van der Waals surface area contributed by atoms with E-state index >= 15 is 0 Å². The molecule has 2 aromatic heterocycles. The van der Waals surface area contributed by atoms with Gasteiger partial charge in [0.2, 0.25) is 0 Å². The summed E-state index contributed by atoms with van der Waals surface area (Å²) < 4.78 is 38.8. The van der Waals surface area contributed by atoms with Crippen molar-refractivity contribution < 1.29 is 32.6 Å². The number of carboxylic acids is 1. The summed E-state index contributed by atoms with van der Waals surface area (Å²) in [5.74, 6) is -1.86. The van der Waals surface area contributed by atoms with E-state index in [2.05, 4.69) is 17.2 Å². The van der Waals surface area contributed by atoms with Gasteiger partial charge in [0.1, 0.15) is 5.75 Å². The Morgan fingerprint density at radius 3 is 2.49 bits per heavy atom. The number of carboxylic acid groups (broad SMARTS) is 1. The lowest BCUT2D eigenvalue weighted by Gasteiger charge is -2.15. The summed E-state index contributed by atoms with van der Waals surface area (Å²) in [5.41, 5.74) is 8.56. The van der Waals surface area contributed by atoms with Crippen molar-refractivity contribution in [1.82, 2.24) is 19.9 Å². The molecular formula is C22H24F3N5O4S. The van der Waals surface area contributed by atoms with Crippen LogP contribution < -0.4 is 10.5 Å². The number of nitrogens with two attached hydrogens (primary N) is 1. The predicted molar refractivity (Wildman–Crippen MR) is 122 cm³/mol. The SMILES string of the molecule is COc1ccc(-c2cc(C(=O)N3CCC(n4cc(CN)nn4)C3)sc2C)cc1.O=C(O)C(F)(F)F. The topological polar surface area (TPSA) is 124 Å². The Balaban J connectivity index is 0.000000429. The Hall–Kier alpha value is -3.45. The molecule has 0 bridgehead atoms. The van der Waals surface area contributed by atoms with Crippen LogP contribution in [-0.2, 0) is 11.3 Å². The number of carbonyl (C=O) groups is 2. The van der Waals surface area contributed by atoms with E-state index in [4.69, 9.17) is 20.4 Å². The van der Waals surface area contributed by atoms with Gasteiger partial charge < -0.3 is 20.5 Å². The average molecular weight is 512 g/mol. The lowest BCUT2D eigenvalue weighted by molar-refractivity contribution is -0.192. The van der Waals surface area contributed by atoms with Crippen LogP contribution in [0.15, 0.2) is 36.5 Å². The number of hydrogen-bond donors (Lipinski definition) is 2. The Morgan fingerprint density at radius 2 is 1.94 bits per heavy atom. The molecule has 9 nitrogen and oxygen atoms in total. The minimum atomic E-state index is -5.08. The molecule has 0 saturated carbocycles. The fourth-order valence-electron chi connectivity index (χ4n) is 3.53. The number of hydrogen-bond acceptors (Lipinski definition) is 7. The number of aromatic nitrogens is 3. The van der Waals surface area contributed by atoms with Gasteiger partial charge in [-0.2, -0.15) is 13.2 Å². The maximum absolute atomic E-state index is 13.0. The van der Waals surface area contributed by atoms with Crippen LogP contribution in [0.2, 0.25) is 0 Å². The first-order valence-electron chi connectivity index (χ1n) is 10.5. The average Bonchev–Trinajstić information content (AvgIpc) is 3.57. The smallest absolute Gasteiger partial charge is 0.490 e. The van der Waals surface area contributed by atoms with Crippen molar-refractivity contribution in [3.05, 3.63) is 52.0 Å². The second-order valence-corrected chi connectivity index (χ2v) is 8.96. The molecule has 3 heterocycles. The highest BCUT2D eigenvalue weighted by Gasteiger charge is 2.38. The number of benzene rings is 1. The Morgan fingerprint density at radius 1 is 1.29 bits per heavy atom. The van der Waals surface area contributed by atoms with Crippen LogP contribution in [0.1, 0.15) is 32.7 Å². The molecule has 4 rings (SSSR count). The summed E-state index contributed by atoms with van der Waals surface area (Å²) in [5, 5.41) is 15.3. The first kappa shape index (κ1) is 26.2. The van der Waals surface area contributed by atoms with Gasteiger partial charge in [-0.3, -0.25) is 4.79 Å². The summed E-state index contributed by atoms with van der Waals surface area (Å²) in [6, 6.07) is 10.1. The second kappa shape index (κ2) is 10.9. The fraction of sp³-hybridized carbons (Fsp3) is 0.364. The predicted octanol–water partition coefficient (Wildman–Crippen LogP) is 3.50. The molecule has 1 amide bonds. The first-order valence-corrected chi connectivity index (χ1v) is 11.3. The van der Waals surface area contributed by atoms with Gasteiger partial charge in [-0.05, 0) is 42.7 Å².